The Hall–Kier alpha value is -1.59. The number of rotatable bonds is 7. The van der Waals surface area contributed by atoms with Gasteiger partial charge in [0.1, 0.15) is 25.0 Å². The summed E-state index contributed by atoms with van der Waals surface area (Å²) in [6.45, 7) is 4.83. The predicted molar refractivity (Wildman–Crippen MR) is 84.8 cm³/mol. The number of aryl methyl sites for hydroxylation is 1. The fourth-order valence-corrected chi connectivity index (χ4v) is 2.95. The molecule has 22 heavy (non-hydrogen) atoms. The molecule has 1 fully saturated rings. The van der Waals surface area contributed by atoms with Crippen LogP contribution in [-0.2, 0) is 11.2 Å². The number of amides is 1. The maximum Gasteiger partial charge on any atom is 0.220 e. The van der Waals surface area contributed by atoms with Gasteiger partial charge in [0.25, 0.3) is 0 Å². The lowest BCUT2D eigenvalue weighted by molar-refractivity contribution is -0.908. The average Bonchev–Trinajstić information content (AvgIpc) is 2.53. The normalized spacial score (nSPS) is 23.0. The number of piperidine rings is 1. The molecule has 1 atom stereocenters. The number of hydrogen-bond donors (Lipinski definition) is 3. The highest BCUT2D eigenvalue weighted by molar-refractivity contribution is 5.76. The summed E-state index contributed by atoms with van der Waals surface area (Å²) in [5.74, 6) is 0.619. The second kappa shape index (κ2) is 8.15. The van der Waals surface area contributed by atoms with Crippen molar-refractivity contribution in [2.45, 2.75) is 32.3 Å². The van der Waals surface area contributed by atoms with Crippen molar-refractivity contribution in [1.29, 1.82) is 0 Å². The zero-order valence-electron chi connectivity index (χ0n) is 13.3. The minimum absolute atomic E-state index is 0.00827. The fraction of sp³-hybridized carbons (Fsp3) is 0.588. The van der Waals surface area contributed by atoms with Gasteiger partial charge in [0.15, 0.2) is 0 Å². The molecule has 1 aromatic rings. The summed E-state index contributed by atoms with van der Waals surface area (Å²) >= 11 is 0. The van der Waals surface area contributed by atoms with Gasteiger partial charge in [-0.15, -0.1) is 0 Å². The van der Waals surface area contributed by atoms with Crippen molar-refractivity contribution in [3.05, 3.63) is 29.8 Å². The quantitative estimate of drug-likeness (QED) is 0.651. The van der Waals surface area contributed by atoms with E-state index in [0.29, 0.717) is 13.2 Å². The first kappa shape index (κ1) is 16.8. The number of benzene rings is 1. The molecule has 1 aliphatic heterocycles. The largest absolute Gasteiger partial charge is 0.491 e. The van der Waals surface area contributed by atoms with E-state index in [2.05, 4.69) is 13.0 Å². The average molecular weight is 307 g/mol. The van der Waals surface area contributed by atoms with Gasteiger partial charge in [-0.3, -0.25) is 4.79 Å². The van der Waals surface area contributed by atoms with Gasteiger partial charge in [-0.05, 0) is 24.1 Å². The second-order valence-corrected chi connectivity index (χ2v) is 6.10. The summed E-state index contributed by atoms with van der Waals surface area (Å²) in [7, 11) is 0. The number of carbonyl (C=O) groups is 1. The number of aliphatic hydroxyl groups is 1. The second-order valence-electron chi connectivity index (χ2n) is 6.10. The molecule has 1 amide bonds. The minimum atomic E-state index is -0.495. The summed E-state index contributed by atoms with van der Waals surface area (Å²) < 4.78 is 5.67. The van der Waals surface area contributed by atoms with Crippen LogP contribution in [0.1, 0.15) is 25.3 Å². The minimum Gasteiger partial charge on any atom is -0.491 e. The third kappa shape index (κ3) is 5.00. The Morgan fingerprint density at radius 1 is 1.45 bits per heavy atom. The van der Waals surface area contributed by atoms with Crippen LogP contribution in [0.5, 0.6) is 5.75 Å². The van der Waals surface area contributed by atoms with Crippen molar-refractivity contribution >= 4 is 5.91 Å². The van der Waals surface area contributed by atoms with E-state index in [1.807, 2.05) is 18.2 Å². The lowest BCUT2D eigenvalue weighted by Gasteiger charge is -2.29. The first-order valence-corrected chi connectivity index (χ1v) is 8.11. The van der Waals surface area contributed by atoms with Crippen LogP contribution in [0.3, 0.4) is 0 Å². The van der Waals surface area contributed by atoms with Crippen molar-refractivity contribution < 1.29 is 19.5 Å². The van der Waals surface area contributed by atoms with Crippen molar-refractivity contribution in [2.75, 3.05) is 26.2 Å². The molecule has 0 aromatic heterocycles. The van der Waals surface area contributed by atoms with Gasteiger partial charge in [-0.25, -0.2) is 0 Å². The molecule has 2 rings (SSSR count). The van der Waals surface area contributed by atoms with E-state index < -0.39 is 6.10 Å². The van der Waals surface area contributed by atoms with E-state index in [4.69, 9.17) is 10.5 Å². The summed E-state index contributed by atoms with van der Waals surface area (Å²) in [6.07, 6.45) is 2.11. The van der Waals surface area contributed by atoms with Gasteiger partial charge in [0.2, 0.25) is 5.91 Å². The molecule has 0 unspecified atom stereocenters. The number of nitrogens with one attached hydrogen (secondary N) is 1. The lowest BCUT2D eigenvalue weighted by atomic mass is 9.96. The van der Waals surface area contributed by atoms with Gasteiger partial charge in [0, 0.05) is 18.8 Å². The van der Waals surface area contributed by atoms with Crippen LogP contribution >= 0.6 is 0 Å². The van der Waals surface area contributed by atoms with E-state index in [-0.39, 0.29) is 11.8 Å². The van der Waals surface area contributed by atoms with Crippen LogP contribution < -0.4 is 15.4 Å². The van der Waals surface area contributed by atoms with Gasteiger partial charge in [0.05, 0.1) is 13.1 Å². The molecule has 5 nitrogen and oxygen atoms in total. The number of nitrogens with two attached hydrogens (primary N) is 1. The molecule has 0 bridgehead atoms. The first-order chi connectivity index (χ1) is 10.6. The molecule has 0 saturated carbocycles. The van der Waals surface area contributed by atoms with Crippen molar-refractivity contribution in [2.24, 2.45) is 11.7 Å². The molecule has 1 aromatic carbocycles. The Morgan fingerprint density at radius 2 is 2.18 bits per heavy atom. The van der Waals surface area contributed by atoms with E-state index in [1.165, 1.54) is 10.5 Å². The zero-order valence-corrected chi connectivity index (χ0v) is 13.3. The first-order valence-electron chi connectivity index (χ1n) is 8.11. The number of hydrogen-bond acceptors (Lipinski definition) is 3. The van der Waals surface area contributed by atoms with Crippen LogP contribution in [0.25, 0.3) is 0 Å². The maximum atomic E-state index is 11.1. The third-order valence-electron chi connectivity index (χ3n) is 4.37. The van der Waals surface area contributed by atoms with Crippen LogP contribution in [0.2, 0.25) is 0 Å². The van der Waals surface area contributed by atoms with Gasteiger partial charge in [-0.1, -0.05) is 19.1 Å². The topological polar surface area (TPSA) is 77.0 Å². The SMILES string of the molecule is CCc1cccc(OC[C@H](O)C[NH+]2CCC(C(N)=O)CC2)c1. The van der Waals surface area contributed by atoms with E-state index >= 15 is 0 Å². The van der Waals surface area contributed by atoms with Crippen LogP contribution in [-0.4, -0.2) is 43.4 Å². The molecule has 122 valence electrons. The Kier molecular flexibility index (Phi) is 6.21. The molecule has 0 spiro atoms. The van der Waals surface area contributed by atoms with E-state index in [1.54, 1.807) is 0 Å². The fourth-order valence-electron chi connectivity index (χ4n) is 2.95. The Labute approximate surface area is 132 Å². The summed E-state index contributed by atoms with van der Waals surface area (Å²) in [6, 6.07) is 7.96. The molecule has 1 aliphatic rings. The van der Waals surface area contributed by atoms with E-state index in [9.17, 15) is 9.90 Å². The number of carbonyl (C=O) groups excluding carboxylic acids is 1. The van der Waals surface area contributed by atoms with Crippen LogP contribution in [0.4, 0.5) is 0 Å². The maximum absolute atomic E-state index is 11.1. The highest BCUT2D eigenvalue weighted by atomic mass is 16.5. The monoisotopic (exact) mass is 307 g/mol. The van der Waals surface area contributed by atoms with Crippen molar-refractivity contribution in [3.63, 3.8) is 0 Å². The molecule has 4 N–H and O–H groups in total. The van der Waals surface area contributed by atoms with E-state index in [0.717, 1.165) is 38.1 Å². The highest BCUT2D eigenvalue weighted by Crippen LogP contribution is 2.14. The molecule has 0 radical (unpaired) electrons. The number of aliphatic hydroxyl groups excluding tert-OH is 1. The smallest absolute Gasteiger partial charge is 0.220 e. The van der Waals surface area contributed by atoms with Gasteiger partial charge < -0.3 is 20.5 Å². The number of primary amides is 1. The molecule has 1 saturated heterocycles. The highest BCUT2D eigenvalue weighted by Gasteiger charge is 2.27. The molecule has 0 aliphatic carbocycles. The summed E-state index contributed by atoms with van der Waals surface area (Å²) in [5.41, 5.74) is 6.56. The summed E-state index contributed by atoms with van der Waals surface area (Å²) in [4.78, 5) is 12.5. The Balaban J connectivity index is 1.72. The predicted octanol–water partition coefficient (Wildman–Crippen LogP) is -0.231. The summed E-state index contributed by atoms with van der Waals surface area (Å²) in [5, 5.41) is 10.1. The van der Waals surface area contributed by atoms with Crippen molar-refractivity contribution in [1.82, 2.24) is 0 Å². The zero-order chi connectivity index (χ0) is 15.9. The van der Waals surface area contributed by atoms with Crippen molar-refractivity contribution in [3.8, 4) is 5.75 Å². The van der Waals surface area contributed by atoms with Crippen LogP contribution in [0.15, 0.2) is 24.3 Å². The van der Waals surface area contributed by atoms with Gasteiger partial charge >= 0.3 is 0 Å². The number of quaternary nitrogens is 1. The third-order valence-corrected chi connectivity index (χ3v) is 4.37. The Bertz CT molecular complexity index is 485. The molecule has 5 heteroatoms. The molecular formula is C17H27N2O3+. The van der Waals surface area contributed by atoms with Gasteiger partial charge in [-0.2, -0.15) is 0 Å². The van der Waals surface area contributed by atoms with Crippen LogP contribution in [0, 0.1) is 5.92 Å². The number of ether oxygens (including phenoxy) is 1. The lowest BCUT2D eigenvalue weighted by Crippen LogP contribution is -3.14. The standard InChI is InChI=1S/C17H26N2O3/c1-2-13-4-3-5-16(10-13)22-12-15(20)11-19-8-6-14(7-9-19)17(18)21/h3-5,10,14-15,20H,2,6-9,11-12H2,1H3,(H2,18,21)/p+1/t15-/m1/s1. The molecular weight excluding hydrogens is 280 g/mol. The molecule has 1 heterocycles. The number of likely N-dealkylation sites (tertiary alicyclic amines) is 1. The Morgan fingerprint density at radius 3 is 2.82 bits per heavy atom.